The number of allylic oxidation sites excluding steroid dienone is 14. The van der Waals surface area contributed by atoms with Crippen LogP contribution in [0.5, 0.6) is 0 Å². The van der Waals surface area contributed by atoms with Crippen LogP contribution in [0.15, 0.2) is 97.2 Å². The number of quaternary nitrogens is 1. The van der Waals surface area contributed by atoms with Gasteiger partial charge in [0.25, 0.3) is 0 Å². The first kappa shape index (κ1) is 58.8. The highest BCUT2D eigenvalue weighted by Crippen LogP contribution is 2.43. The fourth-order valence-corrected chi connectivity index (χ4v) is 6.94. The molecular weight excluding hydrogens is 838 g/mol. The molecule has 1 aliphatic heterocycles. The maximum atomic E-state index is 12.7. The van der Waals surface area contributed by atoms with Crippen molar-refractivity contribution in [3.8, 4) is 0 Å². The van der Waals surface area contributed by atoms with Crippen LogP contribution in [0.1, 0.15) is 123 Å². The number of nitrogens with zero attached hydrogens (tertiary/aromatic N) is 1. The Bertz CT molecular complexity index is 1530. The normalized spacial score (nSPS) is 20.9. The molecule has 64 heavy (non-hydrogen) atoms. The van der Waals surface area contributed by atoms with E-state index in [2.05, 4.69) is 74.6 Å². The summed E-state index contributed by atoms with van der Waals surface area (Å²) in [5.41, 5.74) is 0. The van der Waals surface area contributed by atoms with E-state index < -0.39 is 57.1 Å². The standard InChI is InChI=1S/C50H82NO12P/c1-6-8-10-11-12-13-14-15-16-17-18-19-20-21-22-23-24-25-31-35-49(55)62-44(42-61-64(57,58)60-39-38-51(3,4)5)41-59-48(54)34-30-27-26-29-33-45-46(53)40-50(56)63-47(45)37-36-43(52)32-28-9-7-2/h8,10,12-13,15-16,18-19,21-22,24-26,29,36-37,43-47,50,52-53,56H,6-7,9,11,14,17,20,23,27-28,30-35,38-42H2,1-5H3/p+1/b10-8-,13-12-,16-15-,19-18-,22-21-,25-24-,29-26-,37-36+/t43-,44+,45-,46-,47+,50?/m0/s1. The number of unbranched alkanes of at least 4 members (excludes halogenated alkanes) is 3. The van der Waals surface area contributed by atoms with Gasteiger partial charge in [-0.15, -0.1) is 0 Å². The number of rotatable bonds is 36. The average molecular weight is 921 g/mol. The van der Waals surface area contributed by atoms with E-state index in [9.17, 15) is 34.4 Å². The summed E-state index contributed by atoms with van der Waals surface area (Å²) in [7, 11) is 1.26. The van der Waals surface area contributed by atoms with Gasteiger partial charge in [-0.3, -0.25) is 18.6 Å². The van der Waals surface area contributed by atoms with Gasteiger partial charge in [0, 0.05) is 25.2 Å². The maximum Gasteiger partial charge on any atom is 0.472 e. The van der Waals surface area contributed by atoms with Crippen molar-refractivity contribution in [3.63, 3.8) is 0 Å². The third-order valence-electron chi connectivity index (χ3n) is 9.91. The largest absolute Gasteiger partial charge is 0.472 e. The van der Waals surface area contributed by atoms with Crippen molar-refractivity contribution in [3.05, 3.63) is 97.2 Å². The highest BCUT2D eigenvalue weighted by atomic mass is 31.2. The molecule has 2 unspecified atom stereocenters. The second-order valence-electron chi connectivity index (χ2n) is 16.9. The molecule has 0 spiro atoms. The zero-order valence-electron chi connectivity index (χ0n) is 39.5. The monoisotopic (exact) mass is 921 g/mol. The van der Waals surface area contributed by atoms with E-state index in [1.807, 2.05) is 45.4 Å². The van der Waals surface area contributed by atoms with Crippen LogP contribution >= 0.6 is 7.82 Å². The molecular formula is C50H83NO12P+. The lowest BCUT2D eigenvalue weighted by molar-refractivity contribution is -0.870. The van der Waals surface area contributed by atoms with E-state index in [0.29, 0.717) is 43.1 Å². The van der Waals surface area contributed by atoms with Gasteiger partial charge >= 0.3 is 19.8 Å². The Labute approximate surface area is 385 Å². The molecule has 0 aromatic rings. The second-order valence-corrected chi connectivity index (χ2v) is 18.4. The predicted molar refractivity (Wildman–Crippen MR) is 255 cm³/mol. The van der Waals surface area contributed by atoms with Crippen molar-refractivity contribution in [2.75, 3.05) is 47.5 Å². The van der Waals surface area contributed by atoms with Crippen LogP contribution < -0.4 is 0 Å². The molecule has 364 valence electrons. The number of aliphatic hydroxyl groups excluding tert-OH is 3. The number of hydrogen-bond acceptors (Lipinski definition) is 11. The molecule has 0 aromatic carbocycles. The van der Waals surface area contributed by atoms with Gasteiger partial charge in [-0.2, -0.15) is 0 Å². The molecule has 1 heterocycles. The Hall–Kier alpha value is -3.23. The number of carbonyl (C=O) groups excluding carboxylic acids is 2. The van der Waals surface area contributed by atoms with Gasteiger partial charge in [-0.1, -0.05) is 130 Å². The Morgan fingerprint density at radius 1 is 0.750 bits per heavy atom. The summed E-state index contributed by atoms with van der Waals surface area (Å²) in [6, 6.07) is 0. The third kappa shape index (κ3) is 34.2. The number of aliphatic hydroxyl groups is 3. The lowest BCUT2D eigenvalue weighted by atomic mass is 9.87. The van der Waals surface area contributed by atoms with Gasteiger partial charge in [0.05, 0.1) is 46.1 Å². The zero-order chi connectivity index (χ0) is 47.3. The van der Waals surface area contributed by atoms with Gasteiger partial charge in [0.1, 0.15) is 19.8 Å². The van der Waals surface area contributed by atoms with Crippen LogP contribution in [-0.2, 0) is 37.4 Å². The first-order valence-corrected chi connectivity index (χ1v) is 24.9. The lowest BCUT2D eigenvalue weighted by Crippen LogP contribution is -2.43. The topological polar surface area (TPSA) is 178 Å². The first-order chi connectivity index (χ1) is 30.7. The summed E-state index contributed by atoms with van der Waals surface area (Å²) >= 11 is 0. The first-order valence-electron chi connectivity index (χ1n) is 23.4. The quantitative estimate of drug-likeness (QED) is 0.0154. The summed E-state index contributed by atoms with van der Waals surface area (Å²) in [6.07, 6.45) is 39.5. The fourth-order valence-electron chi connectivity index (χ4n) is 6.19. The van der Waals surface area contributed by atoms with E-state index in [-0.39, 0.29) is 38.4 Å². The molecule has 4 N–H and O–H groups in total. The van der Waals surface area contributed by atoms with Crippen LogP contribution in [0.25, 0.3) is 0 Å². The maximum absolute atomic E-state index is 12.7. The van der Waals surface area contributed by atoms with Gasteiger partial charge in [-0.05, 0) is 70.6 Å². The van der Waals surface area contributed by atoms with Crippen molar-refractivity contribution in [2.24, 2.45) is 5.92 Å². The summed E-state index contributed by atoms with van der Waals surface area (Å²) < 4.78 is 39.9. The molecule has 0 amide bonds. The highest BCUT2D eigenvalue weighted by Gasteiger charge is 2.35. The van der Waals surface area contributed by atoms with E-state index in [1.165, 1.54) is 0 Å². The van der Waals surface area contributed by atoms with E-state index >= 15 is 0 Å². The molecule has 13 nitrogen and oxygen atoms in total. The van der Waals surface area contributed by atoms with Crippen molar-refractivity contribution in [1.29, 1.82) is 0 Å². The lowest BCUT2D eigenvalue weighted by Gasteiger charge is -2.36. The summed E-state index contributed by atoms with van der Waals surface area (Å²) in [5.74, 6) is -1.42. The summed E-state index contributed by atoms with van der Waals surface area (Å²) in [5, 5.41) is 31.0. The second kappa shape index (κ2) is 36.9. The SMILES string of the molecule is CC/C=C\C/C=C\C/C=C\C/C=C\C/C=C\C/C=C\CCC(=O)O[C@H](COC(=O)CCC/C=C\C[C@H]1[C@@H](O)CC(O)O[C@@H]1/C=C/[C@@H](O)CCCCC)COP(=O)(O)OCC[N+](C)(C)C. The van der Waals surface area contributed by atoms with Crippen molar-refractivity contribution in [2.45, 2.75) is 154 Å². The van der Waals surface area contributed by atoms with Crippen LogP contribution in [-0.4, -0.2) is 115 Å². The van der Waals surface area contributed by atoms with Crippen LogP contribution in [0.2, 0.25) is 0 Å². The Morgan fingerprint density at radius 3 is 1.94 bits per heavy atom. The van der Waals surface area contributed by atoms with E-state index in [1.54, 1.807) is 12.2 Å². The predicted octanol–water partition coefficient (Wildman–Crippen LogP) is 9.46. The van der Waals surface area contributed by atoms with Crippen LogP contribution in [0.3, 0.4) is 0 Å². The van der Waals surface area contributed by atoms with E-state index in [4.69, 9.17) is 23.3 Å². The Morgan fingerprint density at radius 2 is 1.34 bits per heavy atom. The van der Waals surface area contributed by atoms with Gasteiger partial charge < -0.3 is 38.9 Å². The zero-order valence-corrected chi connectivity index (χ0v) is 40.4. The molecule has 0 aliphatic carbocycles. The smallest absolute Gasteiger partial charge is 0.462 e. The molecule has 0 radical (unpaired) electrons. The Balaban J connectivity index is 2.57. The minimum absolute atomic E-state index is 0.0315. The minimum atomic E-state index is -4.47. The van der Waals surface area contributed by atoms with Crippen molar-refractivity contribution >= 4 is 19.8 Å². The van der Waals surface area contributed by atoms with Crippen molar-refractivity contribution < 1.29 is 62.1 Å². The fraction of sp³-hybridized carbons (Fsp3) is 0.640. The molecule has 14 heteroatoms. The molecule has 1 saturated heterocycles. The summed E-state index contributed by atoms with van der Waals surface area (Å²) in [6.45, 7) is 3.77. The highest BCUT2D eigenvalue weighted by molar-refractivity contribution is 7.47. The molecule has 0 aromatic heterocycles. The number of esters is 2. The molecule has 1 rings (SSSR count). The van der Waals surface area contributed by atoms with Crippen molar-refractivity contribution in [1.82, 2.24) is 0 Å². The van der Waals surface area contributed by atoms with Gasteiger partial charge in [-0.25, -0.2) is 4.57 Å². The number of hydrogen-bond donors (Lipinski definition) is 4. The number of phosphoric ester groups is 1. The molecule has 1 aliphatic rings. The van der Waals surface area contributed by atoms with Gasteiger partial charge in [0.15, 0.2) is 12.4 Å². The minimum Gasteiger partial charge on any atom is -0.462 e. The molecule has 0 bridgehead atoms. The number of carbonyl (C=O) groups is 2. The Kier molecular flexibility index (Phi) is 33.9. The molecule has 1 fully saturated rings. The van der Waals surface area contributed by atoms with Gasteiger partial charge in [0.2, 0.25) is 0 Å². The molecule has 0 saturated carbocycles. The van der Waals surface area contributed by atoms with Crippen LogP contribution in [0, 0.1) is 5.92 Å². The number of phosphoric acid groups is 1. The third-order valence-corrected chi connectivity index (χ3v) is 10.9. The van der Waals surface area contributed by atoms with Crippen LogP contribution in [0.4, 0.5) is 0 Å². The summed E-state index contributed by atoms with van der Waals surface area (Å²) in [4.78, 5) is 35.6. The number of likely N-dealkylation sites (N-methyl/N-ethyl adjacent to an activating group) is 1. The van der Waals surface area contributed by atoms with E-state index in [0.717, 1.165) is 57.8 Å². The number of ether oxygens (including phenoxy) is 3. The average Bonchev–Trinajstić information content (AvgIpc) is 3.23. The molecule has 7 atom stereocenters.